The third-order valence-corrected chi connectivity index (χ3v) is 4.27. The third kappa shape index (κ3) is 2.44. The maximum absolute atomic E-state index is 13.7. The molecule has 0 atom stereocenters. The minimum atomic E-state index is -4.11. The highest BCUT2D eigenvalue weighted by atomic mass is 32.2. The summed E-state index contributed by atoms with van der Waals surface area (Å²) in [5, 5.41) is 0. The molecule has 0 unspecified atom stereocenters. The van der Waals surface area contributed by atoms with E-state index in [-0.39, 0.29) is 13.1 Å². The van der Waals surface area contributed by atoms with Crippen molar-refractivity contribution in [3.05, 3.63) is 23.8 Å². The van der Waals surface area contributed by atoms with Crippen LogP contribution in [0, 0.1) is 24.0 Å². The fourth-order valence-corrected chi connectivity index (χ4v) is 2.80. The van der Waals surface area contributed by atoms with E-state index in [1.165, 1.54) is 0 Å². The topological polar surface area (TPSA) is 63.4 Å². The van der Waals surface area contributed by atoms with Gasteiger partial charge < -0.3 is 5.73 Å². The standard InChI is InChI=1S/C11H12F2N2O2S/c1-3-7-15(4-2)18(16,17)9-6-5-8(12)11(14)10(9)13/h1,5-6H,4,7,14H2,2H3. The summed E-state index contributed by atoms with van der Waals surface area (Å²) in [6, 6.07) is 1.63. The number of hydrogen-bond acceptors (Lipinski definition) is 3. The molecule has 1 rings (SSSR count). The maximum atomic E-state index is 13.7. The zero-order chi connectivity index (χ0) is 13.9. The maximum Gasteiger partial charge on any atom is 0.246 e. The molecule has 2 N–H and O–H groups in total. The zero-order valence-corrected chi connectivity index (χ0v) is 10.5. The van der Waals surface area contributed by atoms with E-state index in [1.807, 2.05) is 0 Å². The number of terminal acetylenes is 1. The normalized spacial score (nSPS) is 11.5. The Bertz CT molecular complexity index is 594. The number of nitrogen functional groups attached to an aromatic ring is 1. The van der Waals surface area contributed by atoms with Gasteiger partial charge in [-0.15, -0.1) is 6.42 Å². The van der Waals surface area contributed by atoms with Crippen molar-refractivity contribution in [2.45, 2.75) is 11.8 Å². The van der Waals surface area contributed by atoms with Gasteiger partial charge in [-0.25, -0.2) is 17.2 Å². The Labute approximate surface area is 104 Å². The number of sulfonamides is 1. The van der Waals surface area contributed by atoms with Crippen molar-refractivity contribution >= 4 is 15.7 Å². The van der Waals surface area contributed by atoms with Crippen molar-refractivity contribution in [1.82, 2.24) is 4.31 Å². The van der Waals surface area contributed by atoms with E-state index >= 15 is 0 Å². The Balaban J connectivity index is 3.38. The minimum Gasteiger partial charge on any atom is -0.394 e. The second-order valence-electron chi connectivity index (χ2n) is 3.41. The summed E-state index contributed by atoms with van der Waals surface area (Å²) in [5.74, 6) is -0.149. The first-order valence-corrected chi connectivity index (χ1v) is 6.47. The molecule has 0 aromatic heterocycles. The third-order valence-electron chi connectivity index (χ3n) is 2.33. The first kappa shape index (κ1) is 14.4. The SMILES string of the molecule is C#CCN(CC)S(=O)(=O)c1ccc(F)c(N)c1F. The molecular weight excluding hydrogens is 262 g/mol. The molecule has 0 bridgehead atoms. The lowest BCUT2D eigenvalue weighted by molar-refractivity contribution is 0.457. The number of halogens is 2. The molecule has 0 radical (unpaired) electrons. The van der Waals surface area contributed by atoms with Crippen molar-refractivity contribution in [1.29, 1.82) is 0 Å². The van der Waals surface area contributed by atoms with Crippen LogP contribution >= 0.6 is 0 Å². The van der Waals surface area contributed by atoms with Crippen molar-refractivity contribution < 1.29 is 17.2 Å². The summed E-state index contributed by atoms with van der Waals surface area (Å²) < 4.78 is 51.6. The van der Waals surface area contributed by atoms with E-state index in [0.717, 1.165) is 16.4 Å². The van der Waals surface area contributed by atoms with Crippen LogP contribution in [0.1, 0.15) is 6.92 Å². The molecule has 7 heteroatoms. The number of rotatable bonds is 4. The van der Waals surface area contributed by atoms with Crippen LogP contribution < -0.4 is 5.73 Å². The van der Waals surface area contributed by atoms with Gasteiger partial charge in [0.05, 0.1) is 6.54 Å². The molecule has 0 saturated heterocycles. The van der Waals surface area contributed by atoms with Crippen LogP contribution in [-0.2, 0) is 10.0 Å². The lowest BCUT2D eigenvalue weighted by atomic mass is 10.3. The molecule has 4 nitrogen and oxygen atoms in total. The molecular formula is C11H12F2N2O2S. The Kier molecular flexibility index (Phi) is 4.27. The average Bonchev–Trinajstić information content (AvgIpc) is 2.32. The predicted molar refractivity (Wildman–Crippen MR) is 64.0 cm³/mol. The van der Waals surface area contributed by atoms with Gasteiger partial charge in [-0.05, 0) is 12.1 Å². The lowest BCUT2D eigenvalue weighted by Crippen LogP contribution is -2.32. The molecule has 1 aromatic carbocycles. The van der Waals surface area contributed by atoms with Crippen LogP contribution in [0.3, 0.4) is 0 Å². The summed E-state index contributed by atoms with van der Waals surface area (Å²) in [4.78, 5) is -0.682. The predicted octanol–water partition coefficient (Wildman–Crippen LogP) is 1.19. The average molecular weight is 274 g/mol. The van der Waals surface area contributed by atoms with Gasteiger partial charge >= 0.3 is 0 Å². The van der Waals surface area contributed by atoms with Crippen molar-refractivity contribution in [2.24, 2.45) is 0 Å². The van der Waals surface area contributed by atoms with Crippen LogP contribution in [0.5, 0.6) is 0 Å². The molecule has 0 spiro atoms. The smallest absolute Gasteiger partial charge is 0.246 e. The monoisotopic (exact) mass is 274 g/mol. The molecule has 98 valence electrons. The molecule has 18 heavy (non-hydrogen) atoms. The quantitative estimate of drug-likeness (QED) is 0.662. The molecule has 0 saturated carbocycles. The number of anilines is 1. The highest BCUT2D eigenvalue weighted by molar-refractivity contribution is 7.89. The largest absolute Gasteiger partial charge is 0.394 e. The van der Waals surface area contributed by atoms with E-state index < -0.39 is 32.2 Å². The Morgan fingerprint density at radius 1 is 1.44 bits per heavy atom. The van der Waals surface area contributed by atoms with Crippen LogP contribution in [-0.4, -0.2) is 25.8 Å². The van der Waals surface area contributed by atoms with Crippen LogP contribution in [0.25, 0.3) is 0 Å². The van der Waals surface area contributed by atoms with E-state index in [1.54, 1.807) is 6.92 Å². The first-order valence-electron chi connectivity index (χ1n) is 5.03. The number of nitrogens with zero attached hydrogens (tertiary/aromatic N) is 1. The molecule has 0 aliphatic rings. The molecule has 0 heterocycles. The lowest BCUT2D eigenvalue weighted by Gasteiger charge is -2.18. The summed E-state index contributed by atoms with van der Waals surface area (Å²) in [5.41, 5.74) is 4.30. The van der Waals surface area contributed by atoms with Gasteiger partial charge in [0.15, 0.2) is 5.82 Å². The molecule has 0 aliphatic carbocycles. The highest BCUT2D eigenvalue weighted by Gasteiger charge is 2.27. The van der Waals surface area contributed by atoms with Gasteiger partial charge in [-0.2, -0.15) is 4.31 Å². The van der Waals surface area contributed by atoms with E-state index in [2.05, 4.69) is 5.92 Å². The fourth-order valence-electron chi connectivity index (χ4n) is 1.36. The van der Waals surface area contributed by atoms with Crippen LogP contribution in [0.4, 0.5) is 14.5 Å². The second kappa shape index (κ2) is 5.33. The summed E-state index contributed by atoms with van der Waals surface area (Å²) in [7, 11) is -4.11. The van der Waals surface area contributed by atoms with Crippen LogP contribution in [0.2, 0.25) is 0 Å². The fraction of sp³-hybridized carbons (Fsp3) is 0.273. The Morgan fingerprint density at radius 2 is 2.06 bits per heavy atom. The van der Waals surface area contributed by atoms with Crippen molar-refractivity contribution in [2.75, 3.05) is 18.8 Å². The highest BCUT2D eigenvalue weighted by Crippen LogP contribution is 2.25. The Morgan fingerprint density at radius 3 is 2.56 bits per heavy atom. The summed E-state index contributed by atoms with van der Waals surface area (Å²) in [6.07, 6.45) is 5.04. The van der Waals surface area contributed by atoms with E-state index in [9.17, 15) is 17.2 Å². The van der Waals surface area contributed by atoms with E-state index in [4.69, 9.17) is 12.2 Å². The van der Waals surface area contributed by atoms with Gasteiger partial charge in [0, 0.05) is 6.54 Å². The zero-order valence-electron chi connectivity index (χ0n) is 9.65. The number of nitrogens with two attached hydrogens (primary N) is 1. The van der Waals surface area contributed by atoms with Crippen molar-refractivity contribution in [3.63, 3.8) is 0 Å². The minimum absolute atomic E-state index is 0.0727. The van der Waals surface area contributed by atoms with Gasteiger partial charge in [0.2, 0.25) is 10.0 Å². The molecule has 0 aliphatic heterocycles. The second-order valence-corrected chi connectivity index (χ2v) is 5.31. The summed E-state index contributed by atoms with van der Waals surface area (Å²) >= 11 is 0. The van der Waals surface area contributed by atoms with Gasteiger partial charge in [-0.1, -0.05) is 12.8 Å². The first-order chi connectivity index (χ1) is 8.36. The molecule has 0 amide bonds. The number of benzene rings is 1. The van der Waals surface area contributed by atoms with Gasteiger partial charge in [-0.3, -0.25) is 0 Å². The molecule has 0 fully saturated rings. The van der Waals surface area contributed by atoms with Gasteiger partial charge in [0.1, 0.15) is 16.4 Å². The molecule has 1 aromatic rings. The Hall–Kier alpha value is -1.65. The number of hydrogen-bond donors (Lipinski definition) is 1. The van der Waals surface area contributed by atoms with Crippen LogP contribution in [0.15, 0.2) is 17.0 Å². The van der Waals surface area contributed by atoms with Crippen molar-refractivity contribution in [3.8, 4) is 12.3 Å². The van der Waals surface area contributed by atoms with Gasteiger partial charge in [0.25, 0.3) is 0 Å². The van der Waals surface area contributed by atoms with E-state index in [0.29, 0.717) is 0 Å². The summed E-state index contributed by atoms with van der Waals surface area (Å²) in [6.45, 7) is 1.43.